The topological polar surface area (TPSA) is 108 Å². The molecule has 3 aromatic rings. The van der Waals surface area contributed by atoms with Crippen LogP contribution in [0.1, 0.15) is 76.3 Å². The first-order valence-electron chi connectivity index (χ1n) is 14.8. The van der Waals surface area contributed by atoms with E-state index >= 15 is 0 Å². The minimum absolute atomic E-state index is 0.0801. The fourth-order valence-corrected chi connectivity index (χ4v) is 5.14. The first kappa shape index (κ1) is 34.5. The van der Waals surface area contributed by atoms with Crippen molar-refractivity contribution in [3.63, 3.8) is 0 Å². The lowest BCUT2D eigenvalue weighted by Crippen LogP contribution is -2.59. The first-order chi connectivity index (χ1) is 20.5. The molecule has 3 amide bonds. The van der Waals surface area contributed by atoms with Crippen molar-refractivity contribution < 1.29 is 24.2 Å². The summed E-state index contributed by atoms with van der Waals surface area (Å²) < 4.78 is 5.53. The number of aryl methyl sites for hydroxylation is 2. The lowest BCUT2D eigenvalue weighted by atomic mass is 9.90. The van der Waals surface area contributed by atoms with E-state index in [1.54, 1.807) is 49.9 Å². The second kappa shape index (κ2) is 14.2. The highest BCUT2D eigenvalue weighted by molar-refractivity contribution is 6.34. The Balaban J connectivity index is 2.17. The van der Waals surface area contributed by atoms with E-state index in [4.69, 9.17) is 16.3 Å². The van der Waals surface area contributed by atoms with Crippen LogP contribution in [0.15, 0.2) is 66.7 Å². The van der Waals surface area contributed by atoms with Crippen LogP contribution in [-0.2, 0) is 20.7 Å². The maximum absolute atomic E-state index is 14.8. The number of rotatable bonds is 10. The molecular formula is C35H44ClN3O5. The molecule has 0 aliphatic heterocycles. The minimum Gasteiger partial charge on any atom is -0.508 e. The highest BCUT2D eigenvalue weighted by atomic mass is 35.5. The number of hydrogen-bond donors (Lipinski definition) is 3. The van der Waals surface area contributed by atoms with Crippen molar-refractivity contribution in [2.24, 2.45) is 0 Å². The number of benzene rings is 3. The van der Waals surface area contributed by atoms with E-state index in [0.717, 1.165) is 11.1 Å². The van der Waals surface area contributed by atoms with Crippen LogP contribution in [0.4, 0.5) is 10.5 Å². The van der Waals surface area contributed by atoms with Gasteiger partial charge in [0.25, 0.3) is 5.91 Å². The minimum atomic E-state index is -1.10. The Labute approximate surface area is 265 Å². The van der Waals surface area contributed by atoms with Crippen LogP contribution in [0.25, 0.3) is 0 Å². The molecule has 0 spiro atoms. The molecule has 0 bridgehead atoms. The predicted octanol–water partition coefficient (Wildman–Crippen LogP) is 7.50. The number of para-hydroxylation sites is 1. The number of hydrogen-bond acceptors (Lipinski definition) is 5. The molecule has 3 N–H and O–H groups in total. The fraction of sp³-hybridized carbons (Fsp3) is 0.400. The SMILES string of the molecule is CCC(C)(C)N(C(=O)C(Cc1ccc(O)cc1)NC(=O)OC(C)(C)C)C(C(=O)Nc1c(C)cccc1Cl)c1cccc(C)c1. The molecule has 2 atom stereocenters. The number of anilines is 1. The Hall–Kier alpha value is -4.04. The average molecular weight is 622 g/mol. The molecule has 236 valence electrons. The standard InChI is InChI=1S/C35H44ClN3O5/c1-9-35(7,8)39(32(42)28(37-33(43)44-34(4,5)6)21-24-16-18-26(40)19-17-24)30(25-14-10-12-22(2)20-25)31(41)38-29-23(3)13-11-15-27(29)36/h10-20,28,30,40H,9,21H2,1-8H3,(H,37,43)(H,38,41). The molecular weight excluding hydrogens is 578 g/mol. The number of aromatic hydroxyl groups is 1. The van der Waals surface area contributed by atoms with Crippen LogP contribution < -0.4 is 10.6 Å². The Bertz CT molecular complexity index is 1460. The van der Waals surface area contributed by atoms with Crippen molar-refractivity contribution >= 4 is 35.2 Å². The smallest absolute Gasteiger partial charge is 0.408 e. The Morgan fingerprint density at radius 3 is 2.16 bits per heavy atom. The molecule has 0 saturated heterocycles. The second-order valence-electron chi connectivity index (χ2n) is 12.7. The van der Waals surface area contributed by atoms with Gasteiger partial charge in [-0.05, 0) is 89.8 Å². The summed E-state index contributed by atoms with van der Waals surface area (Å²) in [6.07, 6.45) is -0.148. The molecule has 2 unspecified atom stereocenters. The van der Waals surface area contributed by atoms with Crippen LogP contribution in [0.5, 0.6) is 5.75 Å². The monoisotopic (exact) mass is 621 g/mol. The molecule has 3 aromatic carbocycles. The molecule has 0 fully saturated rings. The van der Waals surface area contributed by atoms with Crippen LogP contribution in [0.2, 0.25) is 5.02 Å². The Kier molecular flexibility index (Phi) is 11.1. The predicted molar refractivity (Wildman–Crippen MR) is 175 cm³/mol. The van der Waals surface area contributed by atoms with Gasteiger partial charge in [-0.1, -0.05) is 72.6 Å². The zero-order valence-corrected chi connectivity index (χ0v) is 27.6. The number of carbonyl (C=O) groups excluding carboxylic acids is 3. The number of amides is 3. The van der Waals surface area contributed by atoms with Gasteiger partial charge in [0.2, 0.25) is 5.91 Å². The first-order valence-corrected chi connectivity index (χ1v) is 15.1. The number of phenols is 1. The van der Waals surface area contributed by atoms with Gasteiger partial charge in [-0.15, -0.1) is 0 Å². The summed E-state index contributed by atoms with van der Waals surface area (Å²) in [6.45, 7) is 14.7. The number of ether oxygens (including phenoxy) is 1. The van der Waals surface area contributed by atoms with E-state index in [9.17, 15) is 19.5 Å². The summed E-state index contributed by atoms with van der Waals surface area (Å²) in [7, 11) is 0. The lowest BCUT2D eigenvalue weighted by molar-refractivity contribution is -0.147. The summed E-state index contributed by atoms with van der Waals surface area (Å²) in [5.74, 6) is -0.827. The molecule has 3 rings (SSSR count). The normalized spacial score (nSPS) is 13.0. The number of phenolic OH excluding ortho intramolecular Hbond substituents is 1. The van der Waals surface area contributed by atoms with Crippen LogP contribution >= 0.6 is 11.6 Å². The van der Waals surface area contributed by atoms with Crippen molar-refractivity contribution in [2.75, 3.05) is 5.32 Å². The van der Waals surface area contributed by atoms with E-state index in [1.165, 1.54) is 12.1 Å². The van der Waals surface area contributed by atoms with E-state index in [1.807, 2.05) is 65.0 Å². The molecule has 0 aromatic heterocycles. The highest BCUT2D eigenvalue weighted by Gasteiger charge is 2.43. The number of halogens is 1. The van der Waals surface area contributed by atoms with Gasteiger partial charge in [-0.25, -0.2) is 4.79 Å². The molecule has 0 heterocycles. The van der Waals surface area contributed by atoms with Crippen LogP contribution in [0, 0.1) is 13.8 Å². The summed E-state index contributed by atoms with van der Waals surface area (Å²) >= 11 is 6.50. The quantitative estimate of drug-likeness (QED) is 0.217. The number of alkyl carbamates (subject to hydrolysis) is 1. The summed E-state index contributed by atoms with van der Waals surface area (Å²) in [5, 5.41) is 16.0. The van der Waals surface area contributed by atoms with Gasteiger partial charge in [0.15, 0.2) is 0 Å². The third-order valence-electron chi connectivity index (χ3n) is 7.45. The maximum atomic E-state index is 14.8. The van der Waals surface area contributed by atoms with Crippen molar-refractivity contribution in [3.8, 4) is 5.75 Å². The lowest BCUT2D eigenvalue weighted by Gasteiger charge is -2.44. The Morgan fingerprint density at radius 2 is 1.59 bits per heavy atom. The zero-order valence-electron chi connectivity index (χ0n) is 26.8. The fourth-order valence-electron chi connectivity index (χ4n) is 4.87. The molecule has 0 aliphatic rings. The maximum Gasteiger partial charge on any atom is 0.408 e. The molecule has 8 nitrogen and oxygen atoms in total. The van der Waals surface area contributed by atoms with Crippen LogP contribution in [0.3, 0.4) is 0 Å². The summed E-state index contributed by atoms with van der Waals surface area (Å²) in [4.78, 5) is 43.8. The van der Waals surface area contributed by atoms with Gasteiger partial charge < -0.3 is 25.4 Å². The zero-order chi connectivity index (χ0) is 32.8. The van der Waals surface area contributed by atoms with Gasteiger partial charge in [-0.2, -0.15) is 0 Å². The average Bonchev–Trinajstić information content (AvgIpc) is 2.93. The van der Waals surface area contributed by atoms with E-state index in [-0.39, 0.29) is 12.2 Å². The molecule has 0 radical (unpaired) electrons. The molecule has 0 saturated carbocycles. The third kappa shape index (κ3) is 8.99. The third-order valence-corrected chi connectivity index (χ3v) is 7.77. The van der Waals surface area contributed by atoms with Crippen molar-refractivity contribution in [3.05, 3.63) is 94.0 Å². The van der Waals surface area contributed by atoms with Gasteiger partial charge in [0.05, 0.1) is 10.7 Å². The van der Waals surface area contributed by atoms with Crippen LogP contribution in [-0.4, -0.2) is 45.1 Å². The van der Waals surface area contributed by atoms with Gasteiger partial charge in [-0.3, -0.25) is 9.59 Å². The van der Waals surface area contributed by atoms with Crippen molar-refractivity contribution in [2.45, 2.75) is 91.5 Å². The van der Waals surface area contributed by atoms with Gasteiger partial charge >= 0.3 is 6.09 Å². The van der Waals surface area contributed by atoms with E-state index in [2.05, 4.69) is 10.6 Å². The van der Waals surface area contributed by atoms with E-state index < -0.39 is 41.1 Å². The van der Waals surface area contributed by atoms with Gasteiger partial charge in [0, 0.05) is 12.0 Å². The summed E-state index contributed by atoms with van der Waals surface area (Å²) in [5.41, 5.74) is 1.85. The number of carbonyl (C=O) groups is 3. The number of nitrogens with one attached hydrogen (secondary N) is 2. The molecule has 9 heteroatoms. The second-order valence-corrected chi connectivity index (χ2v) is 13.1. The largest absolute Gasteiger partial charge is 0.508 e. The molecule has 0 aliphatic carbocycles. The highest BCUT2D eigenvalue weighted by Crippen LogP contribution is 2.35. The van der Waals surface area contributed by atoms with Crippen molar-refractivity contribution in [1.82, 2.24) is 10.2 Å². The molecule has 44 heavy (non-hydrogen) atoms. The summed E-state index contributed by atoms with van der Waals surface area (Å²) in [6, 6.07) is 17.1. The van der Waals surface area contributed by atoms with E-state index in [0.29, 0.717) is 28.3 Å². The van der Waals surface area contributed by atoms with Gasteiger partial charge in [0.1, 0.15) is 23.4 Å². The number of nitrogens with zero attached hydrogens (tertiary/aromatic N) is 1. The Morgan fingerprint density at radius 1 is 0.955 bits per heavy atom. The van der Waals surface area contributed by atoms with Crippen molar-refractivity contribution in [1.29, 1.82) is 0 Å².